The molecule has 0 aromatic carbocycles. The monoisotopic (exact) mass is 205 g/mol. The number of fused-ring (bicyclic) bond motifs is 1. The lowest BCUT2D eigenvalue weighted by Gasteiger charge is -1.98. The molecular weight excluding hydrogens is 190 g/mol. The van der Waals surface area contributed by atoms with Gasteiger partial charge in [0.2, 0.25) is 0 Å². The Balaban J connectivity index is 2.71. The van der Waals surface area contributed by atoms with Gasteiger partial charge < -0.3 is 9.55 Å². The maximum absolute atomic E-state index is 11.9. The van der Waals surface area contributed by atoms with Crippen LogP contribution < -0.4 is 5.56 Å². The van der Waals surface area contributed by atoms with Crippen LogP contribution in [0, 0.1) is 0 Å². The molecule has 4 heteroatoms. The lowest BCUT2D eigenvalue weighted by Crippen LogP contribution is -2.18. The van der Waals surface area contributed by atoms with Gasteiger partial charge in [-0.1, -0.05) is 13.8 Å². The van der Waals surface area contributed by atoms with Gasteiger partial charge in [0.1, 0.15) is 5.82 Å². The predicted molar refractivity (Wildman–Crippen MR) is 60.1 cm³/mol. The summed E-state index contributed by atoms with van der Waals surface area (Å²) < 4.78 is 1.66. The second-order valence-corrected chi connectivity index (χ2v) is 3.95. The maximum Gasteiger partial charge on any atom is 0.278 e. The Labute approximate surface area is 88.0 Å². The molecule has 0 unspecified atom stereocenters. The minimum absolute atomic E-state index is 0.0156. The number of aromatic nitrogens is 3. The zero-order chi connectivity index (χ0) is 11.0. The summed E-state index contributed by atoms with van der Waals surface area (Å²) in [6.45, 7) is 6.73. The standard InChI is InChI=1S/C11H15N3O/c1-4-14-6-5-8-9(11(14)15)13-10(12-8)7(2)3/h5-7H,4H2,1-3H3,(H,12,13). The number of aromatic amines is 1. The third-order valence-electron chi connectivity index (χ3n) is 2.52. The maximum atomic E-state index is 11.9. The van der Waals surface area contributed by atoms with Crippen molar-refractivity contribution in [2.45, 2.75) is 33.2 Å². The molecule has 80 valence electrons. The van der Waals surface area contributed by atoms with Crippen LogP contribution in [0.2, 0.25) is 0 Å². The Morgan fingerprint density at radius 2 is 2.27 bits per heavy atom. The number of nitrogens with one attached hydrogen (secondary N) is 1. The minimum atomic E-state index is -0.0156. The number of H-pyrrole nitrogens is 1. The number of pyridine rings is 1. The number of aryl methyl sites for hydroxylation is 1. The van der Waals surface area contributed by atoms with Crippen molar-refractivity contribution in [3.8, 4) is 0 Å². The fraction of sp³-hybridized carbons (Fsp3) is 0.455. The normalized spacial score (nSPS) is 11.5. The molecule has 0 spiro atoms. The van der Waals surface area contributed by atoms with Crippen LogP contribution in [0.3, 0.4) is 0 Å². The fourth-order valence-corrected chi connectivity index (χ4v) is 1.58. The van der Waals surface area contributed by atoms with E-state index in [1.807, 2.05) is 13.0 Å². The molecule has 2 aromatic heterocycles. The molecule has 0 bridgehead atoms. The molecule has 2 aromatic rings. The van der Waals surface area contributed by atoms with E-state index in [-0.39, 0.29) is 5.56 Å². The summed E-state index contributed by atoms with van der Waals surface area (Å²) in [5.74, 6) is 1.18. The van der Waals surface area contributed by atoms with E-state index >= 15 is 0 Å². The van der Waals surface area contributed by atoms with Crippen LogP contribution in [0.1, 0.15) is 32.5 Å². The summed E-state index contributed by atoms with van der Waals surface area (Å²) in [7, 11) is 0. The summed E-state index contributed by atoms with van der Waals surface area (Å²) in [5, 5.41) is 0. The lowest BCUT2D eigenvalue weighted by atomic mass is 10.2. The number of hydrogen-bond donors (Lipinski definition) is 1. The number of imidazole rings is 1. The SMILES string of the molecule is CCn1ccc2[nH]c(C(C)C)nc2c1=O. The van der Waals surface area contributed by atoms with Gasteiger partial charge in [-0.25, -0.2) is 4.98 Å². The molecule has 4 nitrogen and oxygen atoms in total. The molecule has 0 saturated heterocycles. The molecule has 0 fully saturated rings. The van der Waals surface area contributed by atoms with Crippen molar-refractivity contribution in [2.75, 3.05) is 0 Å². The lowest BCUT2D eigenvalue weighted by molar-refractivity contribution is 0.733. The van der Waals surface area contributed by atoms with Crippen molar-refractivity contribution >= 4 is 11.0 Å². The molecular formula is C11H15N3O. The van der Waals surface area contributed by atoms with Crippen molar-refractivity contribution in [1.82, 2.24) is 14.5 Å². The Morgan fingerprint density at radius 1 is 1.53 bits per heavy atom. The molecule has 0 aliphatic carbocycles. The van der Waals surface area contributed by atoms with Gasteiger partial charge in [0.25, 0.3) is 5.56 Å². The molecule has 1 N–H and O–H groups in total. The fourth-order valence-electron chi connectivity index (χ4n) is 1.58. The molecule has 15 heavy (non-hydrogen) atoms. The van der Waals surface area contributed by atoms with Crippen LogP contribution >= 0.6 is 0 Å². The van der Waals surface area contributed by atoms with Gasteiger partial charge in [-0.2, -0.15) is 0 Å². The van der Waals surface area contributed by atoms with E-state index in [0.29, 0.717) is 18.0 Å². The Bertz CT molecular complexity index is 536. The zero-order valence-corrected chi connectivity index (χ0v) is 9.24. The van der Waals surface area contributed by atoms with Gasteiger partial charge in [0, 0.05) is 18.7 Å². The Kier molecular flexibility index (Phi) is 2.34. The van der Waals surface area contributed by atoms with Crippen molar-refractivity contribution in [3.63, 3.8) is 0 Å². The van der Waals surface area contributed by atoms with E-state index in [1.54, 1.807) is 10.8 Å². The second-order valence-electron chi connectivity index (χ2n) is 3.95. The highest BCUT2D eigenvalue weighted by Gasteiger charge is 2.09. The van der Waals surface area contributed by atoms with Gasteiger partial charge >= 0.3 is 0 Å². The van der Waals surface area contributed by atoms with E-state index in [4.69, 9.17) is 0 Å². The van der Waals surface area contributed by atoms with E-state index in [9.17, 15) is 4.79 Å². The molecule has 0 radical (unpaired) electrons. The van der Waals surface area contributed by atoms with Crippen LogP contribution in [0.15, 0.2) is 17.1 Å². The minimum Gasteiger partial charge on any atom is -0.342 e. The van der Waals surface area contributed by atoms with E-state index in [2.05, 4.69) is 23.8 Å². The first-order valence-electron chi connectivity index (χ1n) is 5.22. The average Bonchev–Trinajstić information content (AvgIpc) is 2.63. The average molecular weight is 205 g/mol. The molecule has 0 saturated carbocycles. The van der Waals surface area contributed by atoms with E-state index < -0.39 is 0 Å². The smallest absolute Gasteiger partial charge is 0.278 e. The largest absolute Gasteiger partial charge is 0.342 e. The molecule has 2 heterocycles. The van der Waals surface area contributed by atoms with Crippen LogP contribution in [-0.2, 0) is 6.54 Å². The topological polar surface area (TPSA) is 50.7 Å². The first-order chi connectivity index (χ1) is 7.13. The molecule has 0 aliphatic rings. The van der Waals surface area contributed by atoms with Crippen LogP contribution in [0.4, 0.5) is 0 Å². The van der Waals surface area contributed by atoms with Crippen LogP contribution in [-0.4, -0.2) is 14.5 Å². The van der Waals surface area contributed by atoms with Crippen LogP contribution in [0.25, 0.3) is 11.0 Å². The van der Waals surface area contributed by atoms with E-state index in [1.165, 1.54) is 0 Å². The molecule has 0 aliphatic heterocycles. The molecule has 0 amide bonds. The quantitative estimate of drug-likeness (QED) is 0.813. The summed E-state index contributed by atoms with van der Waals surface area (Å²) in [5.41, 5.74) is 1.36. The number of nitrogens with zero attached hydrogens (tertiary/aromatic N) is 2. The van der Waals surface area contributed by atoms with Gasteiger partial charge in [-0.3, -0.25) is 4.79 Å². The first kappa shape index (κ1) is 9.96. The zero-order valence-electron chi connectivity index (χ0n) is 9.24. The van der Waals surface area contributed by atoms with E-state index in [0.717, 1.165) is 11.3 Å². The second kappa shape index (κ2) is 3.53. The van der Waals surface area contributed by atoms with Gasteiger partial charge in [-0.05, 0) is 13.0 Å². The highest BCUT2D eigenvalue weighted by molar-refractivity contribution is 5.73. The van der Waals surface area contributed by atoms with Gasteiger partial charge in [0.15, 0.2) is 5.52 Å². The van der Waals surface area contributed by atoms with Crippen molar-refractivity contribution < 1.29 is 0 Å². The summed E-state index contributed by atoms with van der Waals surface area (Å²) in [4.78, 5) is 19.4. The highest BCUT2D eigenvalue weighted by atomic mass is 16.1. The number of hydrogen-bond acceptors (Lipinski definition) is 2. The van der Waals surface area contributed by atoms with Crippen molar-refractivity contribution in [1.29, 1.82) is 0 Å². The van der Waals surface area contributed by atoms with Gasteiger partial charge in [-0.15, -0.1) is 0 Å². The highest BCUT2D eigenvalue weighted by Crippen LogP contribution is 2.13. The third kappa shape index (κ3) is 1.56. The van der Waals surface area contributed by atoms with Crippen molar-refractivity contribution in [2.24, 2.45) is 0 Å². The molecule has 0 atom stereocenters. The van der Waals surface area contributed by atoms with Gasteiger partial charge in [0.05, 0.1) is 5.52 Å². The first-order valence-corrected chi connectivity index (χ1v) is 5.22. The predicted octanol–water partition coefficient (Wildman–Crippen LogP) is 1.87. The molecule has 2 rings (SSSR count). The summed E-state index contributed by atoms with van der Waals surface area (Å²) in [6.07, 6.45) is 1.80. The Hall–Kier alpha value is -1.58. The number of rotatable bonds is 2. The van der Waals surface area contributed by atoms with Crippen LogP contribution in [0.5, 0.6) is 0 Å². The van der Waals surface area contributed by atoms with Crippen molar-refractivity contribution in [3.05, 3.63) is 28.4 Å². The third-order valence-corrected chi connectivity index (χ3v) is 2.52. The summed E-state index contributed by atoms with van der Waals surface area (Å²) >= 11 is 0. The summed E-state index contributed by atoms with van der Waals surface area (Å²) in [6, 6.07) is 1.90. The Morgan fingerprint density at radius 3 is 2.87 bits per heavy atom.